The molecule has 0 atom stereocenters. The average Bonchev–Trinajstić information content (AvgIpc) is 1.42. The first-order chi connectivity index (χ1) is 55.5. The van der Waals surface area contributed by atoms with E-state index in [0.717, 1.165) is 49.9 Å². The molecule has 1 aliphatic rings. The molecule has 6 heteroatoms. The van der Waals surface area contributed by atoms with Crippen LogP contribution in [0.4, 0.5) is 0 Å². The second kappa shape index (κ2) is 25.3. The van der Waals surface area contributed by atoms with Gasteiger partial charge in [-0.1, -0.05) is 346 Å². The summed E-state index contributed by atoms with van der Waals surface area (Å²) < 4.78 is 0. The molecule has 0 fully saturated rings. The van der Waals surface area contributed by atoms with Crippen LogP contribution >= 0.6 is 0 Å². The highest BCUT2D eigenvalue weighted by Gasteiger charge is 2.25. The Bertz CT molecular complexity index is 7840. The molecular formula is C106H62N6. The number of fused-ring (bicyclic) bond motifs is 19. The number of nitrogens with zero attached hydrogens (tertiary/aromatic N) is 6. The van der Waals surface area contributed by atoms with Crippen LogP contribution in [0.25, 0.3) is 242 Å². The zero-order chi connectivity index (χ0) is 73.5. The van der Waals surface area contributed by atoms with Gasteiger partial charge in [-0.3, -0.25) is 0 Å². The van der Waals surface area contributed by atoms with E-state index in [0.29, 0.717) is 34.9 Å². The van der Waals surface area contributed by atoms with Gasteiger partial charge in [-0.05, 0) is 204 Å². The average molecular weight is 1420 g/mol. The lowest BCUT2D eigenvalue weighted by Gasteiger charge is -2.16. The Labute approximate surface area is 643 Å². The molecular weight excluding hydrogens is 1360 g/mol. The fourth-order valence-electron chi connectivity index (χ4n) is 18.2. The maximum Gasteiger partial charge on any atom is 0.164 e. The largest absolute Gasteiger partial charge is 0.208 e. The van der Waals surface area contributed by atoms with E-state index < -0.39 is 0 Å². The van der Waals surface area contributed by atoms with Crippen molar-refractivity contribution < 1.29 is 0 Å². The van der Waals surface area contributed by atoms with Crippen molar-refractivity contribution in [3.63, 3.8) is 0 Å². The van der Waals surface area contributed by atoms with E-state index in [4.69, 9.17) is 29.9 Å². The van der Waals surface area contributed by atoms with Crippen LogP contribution in [0.2, 0.25) is 0 Å². The molecule has 0 unspecified atom stereocenters. The summed E-state index contributed by atoms with van der Waals surface area (Å²) in [5.41, 5.74) is 15.5. The molecule has 2 heterocycles. The summed E-state index contributed by atoms with van der Waals surface area (Å²) in [4.78, 5) is 30.8. The summed E-state index contributed by atoms with van der Waals surface area (Å²) in [7, 11) is 0. The summed E-state index contributed by atoms with van der Waals surface area (Å²) in [6.07, 6.45) is 0. The molecule has 0 spiro atoms. The molecule has 516 valence electrons. The lowest BCUT2D eigenvalue weighted by Crippen LogP contribution is -2.01. The van der Waals surface area contributed by atoms with Crippen LogP contribution in [0.1, 0.15) is 0 Å². The van der Waals surface area contributed by atoms with Crippen molar-refractivity contribution in [1.29, 1.82) is 0 Å². The van der Waals surface area contributed by atoms with Gasteiger partial charge in [0.05, 0.1) is 0 Å². The van der Waals surface area contributed by atoms with Gasteiger partial charge in [0, 0.05) is 33.4 Å². The van der Waals surface area contributed by atoms with Crippen molar-refractivity contribution in [3.8, 4) is 113 Å². The maximum atomic E-state index is 5.22. The molecule has 21 aromatic carbocycles. The standard InChI is InChI=1S/2C53H31N3/c1-2-13-33(14-3-1)51-54-52(56-53(55-51)36-29-35-15-12-24-43-39-18-5-7-20-41(39)47(30-36)49(35)43)34-27-25-32(26-28-34)46-31-48-40-19-6-4-16-37(40)38-17-8-10-22-44(38)50(48)45-23-11-9-21-42(45)46;1-2-11-36(12-3-1)51-54-52(56-53(55-51)45-30-28-35-24-23-33-13-10-14-34-27-29-44(45)49(35)48(33)34)37-25-21-32(22-26-37)46-31-47-40-17-5-4-15-38(40)39-16-6-8-19-42(39)50(47)43-20-9-7-18-41(43)46/h2*1-31H. The third kappa shape index (κ3) is 10.1. The Hall–Kier alpha value is -15.0. The molecule has 2 aromatic heterocycles. The monoisotopic (exact) mass is 1420 g/mol. The number of aromatic nitrogens is 6. The number of rotatable bonds is 8. The summed E-state index contributed by atoms with van der Waals surface area (Å²) in [5.74, 6) is 3.92. The molecule has 0 amide bonds. The van der Waals surface area contributed by atoms with Gasteiger partial charge in [0.2, 0.25) is 0 Å². The topological polar surface area (TPSA) is 77.3 Å². The quantitative estimate of drug-likeness (QED) is 0.141. The molecule has 0 radical (unpaired) electrons. The predicted molar refractivity (Wildman–Crippen MR) is 469 cm³/mol. The predicted octanol–water partition coefficient (Wildman–Crippen LogP) is 28.0. The van der Waals surface area contributed by atoms with Gasteiger partial charge in [0.15, 0.2) is 34.9 Å². The second-order valence-corrected chi connectivity index (χ2v) is 29.4. The number of hydrogen-bond donors (Lipinski definition) is 0. The SMILES string of the molecule is c1ccc(-c2nc(-c3ccc(-c4cc5c6ccccc6c6ccccc6c5c5ccccc45)cc3)nc(-c3cc4c5c(cccc5c3)-c3ccccc3-4)n2)cc1.c1ccc(-c2nc(-c3ccc(-c4cc5c6ccccc6c6ccccc6c5c5ccccc45)cc3)nc(-c3ccc4ccc5cccc6ccc3c4c56)n2)cc1. The van der Waals surface area contributed by atoms with E-state index in [1.807, 2.05) is 36.4 Å². The Morgan fingerprint density at radius 2 is 0.438 bits per heavy atom. The van der Waals surface area contributed by atoms with Gasteiger partial charge in [0.1, 0.15) is 0 Å². The first kappa shape index (κ1) is 63.1. The smallest absolute Gasteiger partial charge is 0.164 e. The summed E-state index contributed by atoms with van der Waals surface area (Å²) in [6.45, 7) is 0. The van der Waals surface area contributed by atoms with E-state index in [2.05, 4.69) is 340 Å². The first-order valence-corrected chi connectivity index (χ1v) is 38.2. The molecule has 0 saturated carbocycles. The summed E-state index contributed by atoms with van der Waals surface area (Å²) >= 11 is 0. The molecule has 1 aliphatic carbocycles. The minimum absolute atomic E-state index is 0.645. The van der Waals surface area contributed by atoms with Crippen LogP contribution in [0.3, 0.4) is 0 Å². The third-order valence-corrected chi connectivity index (χ3v) is 23.3. The Morgan fingerprint density at radius 1 is 0.116 bits per heavy atom. The lowest BCUT2D eigenvalue weighted by atomic mass is 9.87. The van der Waals surface area contributed by atoms with Crippen LogP contribution in [-0.2, 0) is 0 Å². The van der Waals surface area contributed by atoms with E-state index in [-0.39, 0.29) is 0 Å². The third-order valence-electron chi connectivity index (χ3n) is 23.3. The van der Waals surface area contributed by atoms with Gasteiger partial charge in [-0.25, -0.2) is 29.9 Å². The Morgan fingerprint density at radius 3 is 0.920 bits per heavy atom. The maximum absolute atomic E-state index is 5.22. The van der Waals surface area contributed by atoms with Crippen molar-refractivity contribution in [2.75, 3.05) is 0 Å². The van der Waals surface area contributed by atoms with Crippen LogP contribution in [-0.4, -0.2) is 29.9 Å². The molecule has 0 saturated heterocycles. The first-order valence-electron chi connectivity index (χ1n) is 38.2. The summed E-state index contributed by atoms with van der Waals surface area (Å²) in [5, 5.41) is 30.1. The summed E-state index contributed by atoms with van der Waals surface area (Å²) in [6, 6.07) is 135. The highest BCUT2D eigenvalue weighted by Crippen LogP contribution is 2.50. The number of hydrogen-bond acceptors (Lipinski definition) is 6. The fourth-order valence-corrected chi connectivity index (χ4v) is 18.2. The Balaban J connectivity index is 0.000000134. The van der Waals surface area contributed by atoms with Crippen LogP contribution < -0.4 is 0 Å². The highest BCUT2D eigenvalue weighted by atomic mass is 15.0. The molecule has 23 aromatic rings. The van der Waals surface area contributed by atoms with Gasteiger partial charge in [-0.15, -0.1) is 0 Å². The number of benzene rings is 21. The van der Waals surface area contributed by atoms with E-state index in [1.54, 1.807) is 0 Å². The van der Waals surface area contributed by atoms with Gasteiger partial charge in [0.25, 0.3) is 0 Å². The zero-order valence-electron chi connectivity index (χ0n) is 60.5. The highest BCUT2D eigenvalue weighted by molar-refractivity contribution is 6.35. The van der Waals surface area contributed by atoms with Crippen molar-refractivity contribution in [2.45, 2.75) is 0 Å². The molecule has 0 bridgehead atoms. The Kier molecular flexibility index (Phi) is 14.3. The minimum Gasteiger partial charge on any atom is -0.208 e. The van der Waals surface area contributed by atoms with Gasteiger partial charge < -0.3 is 0 Å². The van der Waals surface area contributed by atoms with E-state index >= 15 is 0 Å². The molecule has 6 nitrogen and oxygen atoms in total. The van der Waals surface area contributed by atoms with Gasteiger partial charge >= 0.3 is 0 Å². The van der Waals surface area contributed by atoms with Crippen molar-refractivity contribution in [2.24, 2.45) is 0 Å². The van der Waals surface area contributed by atoms with Crippen molar-refractivity contribution in [3.05, 3.63) is 376 Å². The minimum atomic E-state index is 0.645. The van der Waals surface area contributed by atoms with E-state index in [1.165, 1.54) is 157 Å². The normalized spacial score (nSPS) is 11.9. The molecule has 24 rings (SSSR count). The fraction of sp³-hybridized carbons (Fsp3) is 0. The zero-order valence-corrected chi connectivity index (χ0v) is 60.5. The molecule has 0 N–H and O–H groups in total. The molecule has 0 aliphatic heterocycles. The molecule has 112 heavy (non-hydrogen) atoms. The van der Waals surface area contributed by atoms with Crippen LogP contribution in [0.15, 0.2) is 376 Å². The van der Waals surface area contributed by atoms with Gasteiger partial charge in [-0.2, -0.15) is 0 Å². The van der Waals surface area contributed by atoms with Crippen LogP contribution in [0, 0.1) is 0 Å². The lowest BCUT2D eigenvalue weighted by molar-refractivity contribution is 1.07. The van der Waals surface area contributed by atoms with Crippen molar-refractivity contribution >= 4 is 129 Å². The van der Waals surface area contributed by atoms with E-state index in [9.17, 15) is 0 Å². The second-order valence-electron chi connectivity index (χ2n) is 29.4. The van der Waals surface area contributed by atoms with Crippen LogP contribution in [0.5, 0.6) is 0 Å². The van der Waals surface area contributed by atoms with Crippen molar-refractivity contribution in [1.82, 2.24) is 29.9 Å².